The van der Waals surface area contributed by atoms with Gasteiger partial charge in [-0.25, -0.2) is 8.42 Å². The Hall–Kier alpha value is -1.75. The SMILES string of the molecule is O=S(=O)(Cc1ccccn1)Cc1ccccn1. The van der Waals surface area contributed by atoms with Crippen LogP contribution in [-0.2, 0) is 21.3 Å². The van der Waals surface area contributed by atoms with Crippen molar-refractivity contribution >= 4 is 9.84 Å². The Labute approximate surface area is 100 Å². The van der Waals surface area contributed by atoms with E-state index in [0.29, 0.717) is 11.4 Å². The molecule has 2 rings (SSSR count). The molecule has 17 heavy (non-hydrogen) atoms. The largest absolute Gasteiger partial charge is 0.260 e. The van der Waals surface area contributed by atoms with Crippen molar-refractivity contribution in [3.05, 3.63) is 60.2 Å². The summed E-state index contributed by atoms with van der Waals surface area (Å²) in [4.78, 5) is 8.01. The molecule has 0 saturated heterocycles. The molecule has 0 aromatic carbocycles. The van der Waals surface area contributed by atoms with Gasteiger partial charge in [0, 0.05) is 12.4 Å². The molecule has 2 aromatic rings. The molecule has 0 N–H and O–H groups in total. The molecule has 0 bridgehead atoms. The quantitative estimate of drug-likeness (QED) is 0.824. The van der Waals surface area contributed by atoms with Gasteiger partial charge in [0.1, 0.15) is 0 Å². The molecule has 88 valence electrons. The Kier molecular flexibility index (Phi) is 3.49. The maximum absolute atomic E-state index is 11.9. The predicted molar refractivity (Wildman–Crippen MR) is 64.8 cm³/mol. The number of hydrogen-bond acceptors (Lipinski definition) is 4. The van der Waals surface area contributed by atoms with Crippen LogP contribution in [-0.4, -0.2) is 18.4 Å². The van der Waals surface area contributed by atoms with Crippen molar-refractivity contribution < 1.29 is 8.42 Å². The summed E-state index contributed by atoms with van der Waals surface area (Å²) in [6.07, 6.45) is 3.18. The summed E-state index contributed by atoms with van der Waals surface area (Å²) in [5.74, 6) is -0.102. The molecule has 0 unspecified atom stereocenters. The summed E-state index contributed by atoms with van der Waals surface area (Å²) in [7, 11) is -3.21. The van der Waals surface area contributed by atoms with Crippen LogP contribution in [0.1, 0.15) is 11.4 Å². The van der Waals surface area contributed by atoms with Gasteiger partial charge in [0.05, 0.1) is 22.9 Å². The van der Waals surface area contributed by atoms with E-state index in [2.05, 4.69) is 9.97 Å². The summed E-state index contributed by atoms with van der Waals surface area (Å²) in [6, 6.07) is 10.5. The lowest BCUT2D eigenvalue weighted by Crippen LogP contribution is -2.09. The summed E-state index contributed by atoms with van der Waals surface area (Å²) in [5, 5.41) is 0. The third-order valence-electron chi connectivity index (χ3n) is 2.19. The van der Waals surface area contributed by atoms with Crippen molar-refractivity contribution in [2.75, 3.05) is 0 Å². The number of rotatable bonds is 4. The Morgan fingerprint density at radius 1 is 0.824 bits per heavy atom. The van der Waals surface area contributed by atoms with E-state index in [1.165, 1.54) is 0 Å². The van der Waals surface area contributed by atoms with Crippen LogP contribution in [0.15, 0.2) is 48.8 Å². The van der Waals surface area contributed by atoms with E-state index < -0.39 is 9.84 Å². The minimum atomic E-state index is -3.21. The van der Waals surface area contributed by atoms with Gasteiger partial charge >= 0.3 is 0 Å². The van der Waals surface area contributed by atoms with Gasteiger partial charge in [-0.05, 0) is 24.3 Å². The molecule has 0 saturated carbocycles. The first kappa shape index (κ1) is 11.7. The molecule has 0 fully saturated rings. The second kappa shape index (κ2) is 5.05. The molecule has 5 heteroatoms. The Balaban J connectivity index is 2.11. The second-order valence-corrected chi connectivity index (χ2v) is 5.74. The third kappa shape index (κ3) is 3.64. The van der Waals surface area contributed by atoms with Crippen LogP contribution in [0.25, 0.3) is 0 Å². The molecule has 0 aliphatic rings. The van der Waals surface area contributed by atoms with E-state index in [-0.39, 0.29) is 11.5 Å². The first-order valence-corrected chi connectivity index (χ1v) is 6.98. The molecule has 0 radical (unpaired) electrons. The van der Waals surface area contributed by atoms with Crippen molar-refractivity contribution in [3.63, 3.8) is 0 Å². The van der Waals surface area contributed by atoms with Gasteiger partial charge in [-0.3, -0.25) is 9.97 Å². The van der Waals surface area contributed by atoms with Gasteiger partial charge in [-0.2, -0.15) is 0 Å². The van der Waals surface area contributed by atoms with Gasteiger partial charge < -0.3 is 0 Å². The highest BCUT2D eigenvalue weighted by atomic mass is 32.2. The minimum Gasteiger partial charge on any atom is -0.260 e. The van der Waals surface area contributed by atoms with Crippen LogP contribution in [0.3, 0.4) is 0 Å². The van der Waals surface area contributed by atoms with E-state index >= 15 is 0 Å². The van der Waals surface area contributed by atoms with Crippen LogP contribution in [0.2, 0.25) is 0 Å². The van der Waals surface area contributed by atoms with Gasteiger partial charge in [-0.15, -0.1) is 0 Å². The summed E-state index contributed by atoms with van der Waals surface area (Å²) < 4.78 is 23.8. The molecular weight excluding hydrogens is 236 g/mol. The van der Waals surface area contributed by atoms with Crippen molar-refractivity contribution in [3.8, 4) is 0 Å². The molecule has 0 atom stereocenters. The maximum Gasteiger partial charge on any atom is 0.161 e. The Morgan fingerprint density at radius 2 is 1.29 bits per heavy atom. The molecule has 2 aromatic heterocycles. The van der Waals surface area contributed by atoms with Crippen molar-refractivity contribution in [1.29, 1.82) is 0 Å². The Bertz CT molecular complexity index is 520. The van der Waals surface area contributed by atoms with E-state index in [0.717, 1.165) is 0 Å². The van der Waals surface area contributed by atoms with Crippen LogP contribution in [0.4, 0.5) is 0 Å². The van der Waals surface area contributed by atoms with Crippen molar-refractivity contribution in [2.24, 2.45) is 0 Å². The molecule has 0 aliphatic carbocycles. The second-order valence-electron chi connectivity index (χ2n) is 3.67. The highest BCUT2D eigenvalue weighted by molar-refractivity contribution is 7.89. The molecule has 2 heterocycles. The lowest BCUT2D eigenvalue weighted by molar-refractivity contribution is 0.593. The van der Waals surface area contributed by atoms with Crippen LogP contribution in [0, 0.1) is 0 Å². The van der Waals surface area contributed by atoms with Gasteiger partial charge in [0.15, 0.2) is 9.84 Å². The topological polar surface area (TPSA) is 59.9 Å². The first-order valence-electron chi connectivity index (χ1n) is 5.16. The number of aromatic nitrogens is 2. The fraction of sp³-hybridized carbons (Fsp3) is 0.167. The van der Waals surface area contributed by atoms with Crippen LogP contribution in [0.5, 0.6) is 0 Å². The standard InChI is InChI=1S/C12H12N2O2S/c15-17(16,9-11-5-1-3-7-13-11)10-12-6-2-4-8-14-12/h1-8H,9-10H2. The summed E-state index contributed by atoms with van der Waals surface area (Å²) in [6.45, 7) is 0. The fourth-order valence-corrected chi connectivity index (χ4v) is 2.81. The van der Waals surface area contributed by atoms with Crippen LogP contribution < -0.4 is 0 Å². The van der Waals surface area contributed by atoms with E-state index in [4.69, 9.17) is 0 Å². The predicted octanol–water partition coefficient (Wildman–Crippen LogP) is 1.59. The lowest BCUT2D eigenvalue weighted by Gasteiger charge is -2.03. The summed E-state index contributed by atoms with van der Waals surface area (Å²) >= 11 is 0. The monoisotopic (exact) mass is 248 g/mol. The molecular formula is C12H12N2O2S. The fourth-order valence-electron chi connectivity index (χ4n) is 1.47. The van der Waals surface area contributed by atoms with Gasteiger partial charge in [0.25, 0.3) is 0 Å². The van der Waals surface area contributed by atoms with E-state index in [1.807, 2.05) is 0 Å². The normalized spacial score (nSPS) is 11.3. The van der Waals surface area contributed by atoms with E-state index in [9.17, 15) is 8.42 Å². The van der Waals surface area contributed by atoms with Crippen molar-refractivity contribution in [1.82, 2.24) is 9.97 Å². The smallest absolute Gasteiger partial charge is 0.161 e. The number of hydrogen-bond donors (Lipinski definition) is 0. The van der Waals surface area contributed by atoms with Gasteiger partial charge in [0.2, 0.25) is 0 Å². The average molecular weight is 248 g/mol. The third-order valence-corrected chi connectivity index (χ3v) is 3.66. The molecule has 4 nitrogen and oxygen atoms in total. The van der Waals surface area contributed by atoms with Crippen molar-refractivity contribution in [2.45, 2.75) is 11.5 Å². The van der Waals surface area contributed by atoms with E-state index in [1.54, 1.807) is 48.8 Å². The average Bonchev–Trinajstić information content (AvgIpc) is 2.30. The minimum absolute atomic E-state index is 0.0512. The van der Waals surface area contributed by atoms with Crippen LogP contribution >= 0.6 is 0 Å². The number of sulfone groups is 1. The molecule has 0 aliphatic heterocycles. The molecule has 0 spiro atoms. The Morgan fingerprint density at radius 3 is 1.65 bits per heavy atom. The zero-order valence-electron chi connectivity index (χ0n) is 9.15. The highest BCUT2D eigenvalue weighted by Crippen LogP contribution is 2.08. The van der Waals surface area contributed by atoms with Gasteiger partial charge in [-0.1, -0.05) is 12.1 Å². The molecule has 0 amide bonds. The lowest BCUT2D eigenvalue weighted by atomic mass is 10.4. The maximum atomic E-state index is 11.9. The first-order chi connectivity index (χ1) is 8.16. The zero-order chi connectivity index (χ0) is 12.1. The highest BCUT2D eigenvalue weighted by Gasteiger charge is 2.14. The number of pyridine rings is 2. The summed E-state index contributed by atoms with van der Waals surface area (Å²) in [5.41, 5.74) is 1.12. The number of nitrogens with zero attached hydrogens (tertiary/aromatic N) is 2. The zero-order valence-corrected chi connectivity index (χ0v) is 9.97.